The van der Waals surface area contributed by atoms with Gasteiger partial charge in [-0.25, -0.2) is 0 Å². The average Bonchev–Trinajstić information content (AvgIpc) is 2.86. The molecule has 0 aliphatic rings. The third-order valence-electron chi connectivity index (χ3n) is 4.17. The van der Waals surface area contributed by atoms with Gasteiger partial charge in [0.05, 0.1) is 6.54 Å². The number of rotatable bonds is 7. The summed E-state index contributed by atoms with van der Waals surface area (Å²) in [5.74, 6) is 0.385. The maximum atomic E-state index is 13.0. The lowest BCUT2D eigenvalue weighted by Gasteiger charge is -2.34. The summed E-state index contributed by atoms with van der Waals surface area (Å²) < 4.78 is 2.03. The Balaban J connectivity index is 2.95. The van der Waals surface area contributed by atoms with Gasteiger partial charge in [-0.3, -0.25) is 9.59 Å². The third kappa shape index (κ3) is 6.22. The summed E-state index contributed by atoms with van der Waals surface area (Å²) in [5.41, 5.74) is 0.596. The first-order valence-electron chi connectivity index (χ1n) is 9.12. The molecule has 1 rings (SSSR count). The summed E-state index contributed by atoms with van der Waals surface area (Å²) in [6.07, 6.45) is 1.98. The van der Waals surface area contributed by atoms with Crippen LogP contribution in [0.4, 0.5) is 0 Å². The minimum Gasteiger partial charge on any atom is -0.353 e. The molecule has 0 N–H and O–H groups in total. The SMILES string of the molecule is CC(C)CN(Cc1cccn1C)C(=O)CN(C(=O)C(C)(C)C)C(C)C. The number of carbonyl (C=O) groups is 2. The number of nitrogens with zero attached hydrogens (tertiary/aromatic N) is 3. The lowest BCUT2D eigenvalue weighted by Crippen LogP contribution is -2.49. The van der Waals surface area contributed by atoms with Crippen LogP contribution >= 0.6 is 0 Å². The first kappa shape index (κ1) is 21.3. The summed E-state index contributed by atoms with van der Waals surface area (Å²) in [4.78, 5) is 29.3. The van der Waals surface area contributed by atoms with Gasteiger partial charge in [0, 0.05) is 36.9 Å². The highest BCUT2D eigenvalue weighted by Gasteiger charge is 2.31. The highest BCUT2D eigenvalue weighted by Crippen LogP contribution is 2.19. The van der Waals surface area contributed by atoms with Crippen LogP contribution in [0.15, 0.2) is 18.3 Å². The minimum atomic E-state index is -0.494. The molecule has 2 amide bonds. The number of hydrogen-bond donors (Lipinski definition) is 0. The zero-order valence-electron chi connectivity index (χ0n) is 17.2. The fourth-order valence-electron chi connectivity index (χ4n) is 2.72. The quantitative estimate of drug-likeness (QED) is 0.758. The molecule has 0 radical (unpaired) electrons. The van der Waals surface area contributed by atoms with Gasteiger partial charge in [0.1, 0.15) is 6.54 Å². The van der Waals surface area contributed by atoms with E-state index >= 15 is 0 Å². The van der Waals surface area contributed by atoms with E-state index in [0.29, 0.717) is 19.0 Å². The molecule has 1 aromatic heterocycles. The molecule has 0 aliphatic heterocycles. The second-order valence-electron chi connectivity index (χ2n) is 8.56. The lowest BCUT2D eigenvalue weighted by atomic mass is 9.94. The fraction of sp³-hybridized carbons (Fsp3) is 0.700. The molecule has 0 spiro atoms. The summed E-state index contributed by atoms with van der Waals surface area (Å²) in [5, 5.41) is 0. The Morgan fingerprint density at radius 3 is 2.16 bits per heavy atom. The molecular weight excluding hydrogens is 314 g/mol. The van der Waals surface area contributed by atoms with Crippen molar-refractivity contribution in [3.63, 3.8) is 0 Å². The molecule has 1 aromatic rings. The van der Waals surface area contributed by atoms with Crippen molar-refractivity contribution in [1.82, 2.24) is 14.4 Å². The van der Waals surface area contributed by atoms with Crippen molar-refractivity contribution in [2.45, 2.75) is 61.1 Å². The van der Waals surface area contributed by atoms with Crippen LogP contribution in [0.25, 0.3) is 0 Å². The van der Waals surface area contributed by atoms with Gasteiger partial charge in [0.25, 0.3) is 0 Å². The van der Waals surface area contributed by atoms with E-state index in [1.165, 1.54) is 0 Å². The van der Waals surface area contributed by atoms with E-state index < -0.39 is 5.41 Å². The summed E-state index contributed by atoms with van der Waals surface area (Å²) in [6.45, 7) is 15.2. The average molecular weight is 350 g/mol. The van der Waals surface area contributed by atoms with Crippen molar-refractivity contribution in [3.05, 3.63) is 24.0 Å². The number of hydrogen-bond acceptors (Lipinski definition) is 2. The highest BCUT2D eigenvalue weighted by molar-refractivity contribution is 5.87. The van der Waals surface area contributed by atoms with E-state index in [0.717, 1.165) is 5.69 Å². The Kier molecular flexibility index (Phi) is 7.27. The number of aromatic nitrogens is 1. The minimum absolute atomic E-state index is 0.00111. The molecule has 0 fully saturated rings. The molecule has 0 unspecified atom stereocenters. The van der Waals surface area contributed by atoms with Gasteiger partial charge in [-0.15, -0.1) is 0 Å². The molecule has 142 valence electrons. The van der Waals surface area contributed by atoms with Gasteiger partial charge in [-0.2, -0.15) is 0 Å². The van der Waals surface area contributed by atoms with Crippen molar-refractivity contribution in [1.29, 1.82) is 0 Å². The number of carbonyl (C=O) groups excluding carboxylic acids is 2. The van der Waals surface area contributed by atoms with Crippen molar-refractivity contribution in [2.24, 2.45) is 18.4 Å². The molecule has 5 nitrogen and oxygen atoms in total. The summed E-state index contributed by atoms with van der Waals surface area (Å²) >= 11 is 0. The molecule has 5 heteroatoms. The number of amides is 2. The highest BCUT2D eigenvalue weighted by atomic mass is 16.2. The Morgan fingerprint density at radius 1 is 1.16 bits per heavy atom. The molecule has 25 heavy (non-hydrogen) atoms. The Morgan fingerprint density at radius 2 is 1.76 bits per heavy atom. The molecular formula is C20H35N3O2. The first-order valence-corrected chi connectivity index (χ1v) is 9.12. The van der Waals surface area contributed by atoms with Crippen LogP contribution in [-0.2, 0) is 23.2 Å². The van der Waals surface area contributed by atoms with Crippen molar-refractivity contribution < 1.29 is 9.59 Å². The van der Waals surface area contributed by atoms with E-state index in [-0.39, 0.29) is 24.4 Å². The Labute approximate surface area is 153 Å². The van der Waals surface area contributed by atoms with E-state index in [1.807, 2.05) is 69.5 Å². The predicted octanol–water partition coefficient (Wildman–Crippen LogP) is 3.29. The molecule has 0 saturated heterocycles. The molecule has 0 saturated carbocycles. The van der Waals surface area contributed by atoms with Crippen LogP contribution < -0.4 is 0 Å². The van der Waals surface area contributed by atoms with Crippen LogP contribution in [0.1, 0.15) is 54.2 Å². The Bertz CT molecular complexity index is 582. The first-order chi connectivity index (χ1) is 11.4. The van der Waals surface area contributed by atoms with Crippen molar-refractivity contribution >= 4 is 11.8 Å². The maximum absolute atomic E-state index is 13.0. The molecule has 0 atom stereocenters. The normalized spacial score (nSPS) is 11.9. The Hall–Kier alpha value is -1.78. The number of aryl methyl sites for hydroxylation is 1. The van der Waals surface area contributed by atoms with Gasteiger partial charge in [0.2, 0.25) is 11.8 Å². The molecule has 0 bridgehead atoms. The standard InChI is InChI=1S/C20H35N3O2/c1-15(2)12-22(13-17-10-9-11-21(17)8)18(24)14-23(16(3)4)19(25)20(5,6)7/h9-11,15-16H,12-14H2,1-8H3. The lowest BCUT2D eigenvalue weighted by molar-refractivity contribution is -0.147. The second kappa shape index (κ2) is 8.54. The zero-order valence-corrected chi connectivity index (χ0v) is 17.2. The van der Waals surface area contributed by atoms with Gasteiger partial charge in [-0.1, -0.05) is 34.6 Å². The zero-order chi connectivity index (χ0) is 19.4. The van der Waals surface area contributed by atoms with Crippen LogP contribution in [0.2, 0.25) is 0 Å². The van der Waals surface area contributed by atoms with E-state index in [2.05, 4.69) is 13.8 Å². The van der Waals surface area contributed by atoms with Gasteiger partial charge in [-0.05, 0) is 31.9 Å². The van der Waals surface area contributed by atoms with Crippen LogP contribution in [0, 0.1) is 11.3 Å². The van der Waals surface area contributed by atoms with Crippen LogP contribution in [0.3, 0.4) is 0 Å². The van der Waals surface area contributed by atoms with Gasteiger partial charge < -0.3 is 14.4 Å². The third-order valence-corrected chi connectivity index (χ3v) is 4.17. The van der Waals surface area contributed by atoms with Gasteiger partial charge in [0.15, 0.2) is 0 Å². The largest absolute Gasteiger partial charge is 0.353 e. The predicted molar refractivity (Wildman–Crippen MR) is 102 cm³/mol. The maximum Gasteiger partial charge on any atom is 0.242 e. The van der Waals surface area contributed by atoms with Crippen LogP contribution in [-0.4, -0.2) is 45.3 Å². The van der Waals surface area contributed by atoms with Crippen molar-refractivity contribution in [3.8, 4) is 0 Å². The smallest absolute Gasteiger partial charge is 0.242 e. The topological polar surface area (TPSA) is 45.6 Å². The van der Waals surface area contributed by atoms with Gasteiger partial charge >= 0.3 is 0 Å². The second-order valence-corrected chi connectivity index (χ2v) is 8.56. The fourth-order valence-corrected chi connectivity index (χ4v) is 2.72. The monoisotopic (exact) mass is 349 g/mol. The van der Waals surface area contributed by atoms with Crippen molar-refractivity contribution in [2.75, 3.05) is 13.1 Å². The summed E-state index contributed by atoms with van der Waals surface area (Å²) in [6, 6.07) is 4.00. The molecule has 1 heterocycles. The van der Waals surface area contributed by atoms with E-state index in [4.69, 9.17) is 0 Å². The molecule has 0 aromatic carbocycles. The van der Waals surface area contributed by atoms with E-state index in [9.17, 15) is 9.59 Å². The molecule has 0 aliphatic carbocycles. The van der Waals surface area contributed by atoms with E-state index in [1.54, 1.807) is 4.90 Å². The summed E-state index contributed by atoms with van der Waals surface area (Å²) in [7, 11) is 1.98. The van der Waals surface area contributed by atoms with Crippen LogP contribution in [0.5, 0.6) is 0 Å².